The van der Waals surface area contributed by atoms with E-state index in [1.807, 2.05) is 6.92 Å². The second kappa shape index (κ2) is 9.67. The number of amidine groups is 1. The lowest BCUT2D eigenvalue weighted by atomic mass is 9.85. The van der Waals surface area contributed by atoms with Crippen LogP contribution in [0.2, 0.25) is 0 Å². The van der Waals surface area contributed by atoms with E-state index in [4.69, 9.17) is 19.9 Å². The van der Waals surface area contributed by atoms with E-state index >= 15 is 4.39 Å². The molecule has 0 radical (unpaired) electrons. The maximum Gasteiger partial charge on any atom is 0.275 e. The van der Waals surface area contributed by atoms with Crippen molar-refractivity contribution in [3.63, 3.8) is 0 Å². The van der Waals surface area contributed by atoms with E-state index in [2.05, 4.69) is 20.3 Å². The number of thioether (sulfide) groups is 1. The Hall–Kier alpha value is -2.83. The second-order valence-electron chi connectivity index (χ2n) is 8.83. The summed E-state index contributed by atoms with van der Waals surface area (Å²) < 4.78 is 45.2. The largest absolute Gasteiger partial charge is 0.474 e. The number of anilines is 1. The van der Waals surface area contributed by atoms with E-state index < -0.39 is 23.1 Å². The SMILES string of the molecule is COC[C@]12C[C@H]1[C@@](C)(c1cc(NC(=O)c3cnc(OC[C@H](C)OC)cn3)cc(F)c1F)N=C(N)S2. The third kappa shape index (κ3) is 4.95. The molecule has 1 aromatic heterocycles. The summed E-state index contributed by atoms with van der Waals surface area (Å²) in [6.45, 7) is 4.24. The lowest BCUT2D eigenvalue weighted by Gasteiger charge is -2.34. The highest BCUT2D eigenvalue weighted by atomic mass is 32.2. The third-order valence-electron chi connectivity index (χ3n) is 6.30. The molecule has 0 bridgehead atoms. The second-order valence-corrected chi connectivity index (χ2v) is 10.3. The lowest BCUT2D eigenvalue weighted by molar-refractivity contribution is 0.0697. The molecule has 4 atom stereocenters. The van der Waals surface area contributed by atoms with Crippen molar-refractivity contribution < 1.29 is 27.8 Å². The maximum atomic E-state index is 15.0. The minimum atomic E-state index is -1.11. The molecule has 1 aromatic carbocycles. The zero-order chi connectivity index (χ0) is 25.4. The average Bonchev–Trinajstić information content (AvgIpc) is 3.54. The summed E-state index contributed by atoms with van der Waals surface area (Å²) in [5.74, 6) is -2.65. The Balaban J connectivity index is 1.55. The van der Waals surface area contributed by atoms with Gasteiger partial charge in [-0.2, -0.15) is 0 Å². The number of aromatic nitrogens is 2. The van der Waals surface area contributed by atoms with Crippen LogP contribution in [0.4, 0.5) is 14.5 Å². The summed E-state index contributed by atoms with van der Waals surface area (Å²) in [4.78, 5) is 25.3. The minimum absolute atomic E-state index is 0.0149. The van der Waals surface area contributed by atoms with Gasteiger partial charge in [0, 0.05) is 37.5 Å². The number of benzene rings is 1. The molecule has 4 rings (SSSR count). The number of halogens is 2. The molecule has 1 saturated carbocycles. The summed E-state index contributed by atoms with van der Waals surface area (Å²) in [7, 11) is 3.15. The van der Waals surface area contributed by atoms with Crippen molar-refractivity contribution in [2.45, 2.75) is 36.7 Å². The topological polar surface area (TPSA) is 121 Å². The predicted molar refractivity (Wildman–Crippen MR) is 128 cm³/mol. The van der Waals surface area contributed by atoms with Gasteiger partial charge in [-0.25, -0.2) is 18.7 Å². The molecule has 35 heavy (non-hydrogen) atoms. The zero-order valence-corrected chi connectivity index (χ0v) is 20.6. The van der Waals surface area contributed by atoms with Gasteiger partial charge in [0.2, 0.25) is 5.88 Å². The molecule has 1 aliphatic heterocycles. The molecule has 2 aromatic rings. The molecule has 9 nitrogen and oxygen atoms in total. The molecular formula is C23H27F2N5O4S. The monoisotopic (exact) mass is 507 g/mol. The molecule has 0 spiro atoms. The molecule has 188 valence electrons. The standard InChI is InChI=1S/C23H27F2N5O4S/c1-12(33-4)10-34-18-9-27-16(8-28-18)20(31)29-13-5-14(19(25)15(24)6-13)22(2)17-7-23(17,11-32-3)35-21(26)30-22/h5-6,8-9,12,17H,7,10-11H2,1-4H3,(H2,26,30)(H,29,31)/t12-,17-,22+,23+/m0/s1. The van der Waals surface area contributed by atoms with E-state index in [-0.39, 0.29) is 51.4 Å². The first-order chi connectivity index (χ1) is 16.6. The third-order valence-corrected chi connectivity index (χ3v) is 7.58. The van der Waals surface area contributed by atoms with Crippen molar-refractivity contribution in [3.8, 4) is 5.88 Å². The molecule has 1 aliphatic carbocycles. The molecule has 12 heteroatoms. The van der Waals surface area contributed by atoms with Gasteiger partial charge in [0.1, 0.15) is 12.3 Å². The van der Waals surface area contributed by atoms with Gasteiger partial charge >= 0.3 is 0 Å². The zero-order valence-electron chi connectivity index (χ0n) is 19.8. The van der Waals surface area contributed by atoms with Gasteiger partial charge in [-0.05, 0) is 26.3 Å². The summed E-state index contributed by atoms with van der Waals surface area (Å²) in [6, 6.07) is 2.30. The fourth-order valence-electron chi connectivity index (χ4n) is 4.33. The molecular weight excluding hydrogens is 480 g/mol. The van der Waals surface area contributed by atoms with E-state index in [1.165, 1.54) is 30.2 Å². The van der Waals surface area contributed by atoms with E-state index in [0.717, 1.165) is 6.07 Å². The number of nitrogens with two attached hydrogens (primary N) is 1. The number of carbonyl (C=O) groups excluding carboxylic acids is 1. The van der Waals surface area contributed by atoms with Crippen LogP contribution < -0.4 is 15.8 Å². The van der Waals surface area contributed by atoms with Crippen molar-refractivity contribution in [1.29, 1.82) is 0 Å². The van der Waals surface area contributed by atoms with Crippen molar-refractivity contribution in [1.82, 2.24) is 9.97 Å². The number of hydrogen-bond acceptors (Lipinski definition) is 9. The Morgan fingerprint density at radius 1 is 1.31 bits per heavy atom. The van der Waals surface area contributed by atoms with Gasteiger partial charge in [0.15, 0.2) is 16.8 Å². The number of amides is 1. The smallest absolute Gasteiger partial charge is 0.275 e. The summed E-state index contributed by atoms with van der Waals surface area (Å²) >= 11 is 1.40. The van der Waals surface area contributed by atoms with Crippen LogP contribution in [-0.4, -0.2) is 59.3 Å². The highest BCUT2D eigenvalue weighted by Gasteiger charge is 2.66. The van der Waals surface area contributed by atoms with Crippen LogP contribution in [0.1, 0.15) is 36.3 Å². The van der Waals surface area contributed by atoms with E-state index in [0.29, 0.717) is 13.0 Å². The van der Waals surface area contributed by atoms with Crippen molar-refractivity contribution in [3.05, 3.63) is 47.4 Å². The number of ether oxygens (including phenoxy) is 3. The number of rotatable bonds is 9. The van der Waals surface area contributed by atoms with Gasteiger partial charge < -0.3 is 25.3 Å². The van der Waals surface area contributed by atoms with E-state index in [9.17, 15) is 9.18 Å². The Kier molecular flexibility index (Phi) is 6.98. The van der Waals surface area contributed by atoms with Crippen LogP contribution in [0.25, 0.3) is 0 Å². The fraction of sp³-hybridized carbons (Fsp3) is 0.478. The first-order valence-electron chi connectivity index (χ1n) is 10.9. The van der Waals surface area contributed by atoms with Gasteiger partial charge in [-0.1, -0.05) is 11.8 Å². The predicted octanol–water partition coefficient (Wildman–Crippen LogP) is 3.10. The van der Waals surface area contributed by atoms with Gasteiger partial charge in [-0.3, -0.25) is 9.79 Å². The number of hydrogen-bond donors (Lipinski definition) is 2. The molecule has 1 amide bonds. The Labute approximate surface area is 205 Å². The van der Waals surface area contributed by atoms with Gasteiger partial charge in [0.25, 0.3) is 5.91 Å². The number of methoxy groups -OCH3 is 2. The fourth-order valence-corrected chi connectivity index (χ4v) is 5.78. The first kappa shape index (κ1) is 25.3. The molecule has 2 heterocycles. The Morgan fingerprint density at radius 2 is 2.09 bits per heavy atom. The average molecular weight is 508 g/mol. The highest BCUT2D eigenvalue weighted by Crippen LogP contribution is 2.66. The van der Waals surface area contributed by atoms with Crippen LogP contribution >= 0.6 is 11.8 Å². The van der Waals surface area contributed by atoms with Crippen LogP contribution in [0.3, 0.4) is 0 Å². The number of nitrogens with one attached hydrogen (secondary N) is 1. The summed E-state index contributed by atoms with van der Waals surface area (Å²) in [5.41, 5.74) is 5.00. The Bertz CT molecular complexity index is 1150. The maximum absolute atomic E-state index is 15.0. The van der Waals surface area contributed by atoms with E-state index in [1.54, 1.807) is 21.1 Å². The summed E-state index contributed by atoms with van der Waals surface area (Å²) in [5, 5.41) is 2.84. The molecule has 3 N–H and O–H groups in total. The lowest BCUT2D eigenvalue weighted by Crippen LogP contribution is -2.38. The minimum Gasteiger partial charge on any atom is -0.474 e. The van der Waals surface area contributed by atoms with Crippen LogP contribution in [-0.2, 0) is 15.0 Å². The summed E-state index contributed by atoms with van der Waals surface area (Å²) in [6.07, 6.45) is 3.09. The Morgan fingerprint density at radius 3 is 2.74 bits per heavy atom. The number of carbonyl (C=O) groups is 1. The van der Waals surface area contributed by atoms with Crippen molar-refractivity contribution >= 4 is 28.5 Å². The van der Waals surface area contributed by atoms with Crippen LogP contribution in [0.5, 0.6) is 5.88 Å². The quantitative estimate of drug-likeness (QED) is 0.531. The van der Waals surface area contributed by atoms with Gasteiger partial charge in [-0.15, -0.1) is 0 Å². The van der Waals surface area contributed by atoms with Crippen molar-refractivity contribution in [2.75, 3.05) is 32.8 Å². The van der Waals surface area contributed by atoms with Crippen LogP contribution in [0, 0.1) is 17.6 Å². The normalized spacial score (nSPS) is 25.9. The van der Waals surface area contributed by atoms with Crippen molar-refractivity contribution in [2.24, 2.45) is 16.6 Å². The molecule has 0 saturated heterocycles. The molecule has 2 aliphatic rings. The molecule has 1 fully saturated rings. The first-order valence-corrected chi connectivity index (χ1v) is 11.8. The molecule has 0 unspecified atom stereocenters. The number of aliphatic imine (C=N–C) groups is 1. The van der Waals surface area contributed by atoms with Gasteiger partial charge in [0.05, 0.1) is 35.4 Å². The van der Waals surface area contributed by atoms with Crippen LogP contribution in [0.15, 0.2) is 29.5 Å². The highest BCUT2D eigenvalue weighted by molar-refractivity contribution is 8.15. The number of nitrogens with zero attached hydrogens (tertiary/aromatic N) is 3. The number of fused-ring (bicyclic) bond motifs is 1.